The molecule has 0 atom stereocenters. The number of hydrogen-bond donors (Lipinski definition) is 1. The van der Waals surface area contributed by atoms with Crippen molar-refractivity contribution < 1.29 is 13.2 Å². The molecule has 1 N–H and O–H groups in total. The number of sulfone groups is 1. The van der Waals surface area contributed by atoms with Crippen molar-refractivity contribution in [3.63, 3.8) is 0 Å². The molecule has 3 aromatic rings. The number of ether oxygens (including phenoxy) is 1. The van der Waals surface area contributed by atoms with Gasteiger partial charge in [0.25, 0.3) is 0 Å². The van der Waals surface area contributed by atoms with Crippen LogP contribution in [0.3, 0.4) is 0 Å². The lowest BCUT2D eigenvalue weighted by Gasteiger charge is -2.42. The van der Waals surface area contributed by atoms with Gasteiger partial charge in [0.2, 0.25) is 0 Å². The lowest BCUT2D eigenvalue weighted by molar-refractivity contribution is 0.0171. The summed E-state index contributed by atoms with van der Waals surface area (Å²) in [6, 6.07) is 9.64. The zero-order valence-electron chi connectivity index (χ0n) is 17.8. The van der Waals surface area contributed by atoms with Crippen molar-refractivity contribution in [1.29, 1.82) is 0 Å². The summed E-state index contributed by atoms with van der Waals surface area (Å²) in [5.41, 5.74) is 3.81. The minimum atomic E-state index is -3.44. The Labute approximate surface area is 188 Å². The van der Waals surface area contributed by atoms with Crippen LogP contribution in [0.2, 0.25) is 0 Å². The van der Waals surface area contributed by atoms with E-state index in [0.717, 1.165) is 55.6 Å². The first-order valence-electron chi connectivity index (χ1n) is 10.9. The summed E-state index contributed by atoms with van der Waals surface area (Å²) in [6.45, 7) is 1.95. The fraction of sp³-hybridized carbons (Fsp3) is 0.375. The Hall–Kier alpha value is -2.84. The van der Waals surface area contributed by atoms with Gasteiger partial charge in [-0.2, -0.15) is 0 Å². The van der Waals surface area contributed by atoms with Gasteiger partial charge >= 0.3 is 0 Å². The molecular weight excluding hydrogens is 424 g/mol. The van der Waals surface area contributed by atoms with E-state index in [4.69, 9.17) is 4.74 Å². The first-order chi connectivity index (χ1) is 15.5. The predicted octanol–water partition coefficient (Wildman–Crippen LogP) is 3.10. The van der Waals surface area contributed by atoms with E-state index in [-0.39, 0.29) is 17.1 Å². The largest absolute Gasteiger partial charge is 0.487 e. The van der Waals surface area contributed by atoms with Crippen LogP contribution in [-0.2, 0) is 27.8 Å². The maximum Gasteiger partial charge on any atom is 0.160 e. The summed E-state index contributed by atoms with van der Waals surface area (Å²) in [5, 5.41) is 3.41. The fourth-order valence-electron chi connectivity index (χ4n) is 4.73. The zero-order chi connectivity index (χ0) is 22.0. The standard InChI is InChI=1S/C24H26N4O3S/c29-32(30,17-19-15-26-13-14-27-19)16-18-3-2-10-28-23(18)21-4-1-5-22-20(21)6-7-24(31-22)8-11-25-12-9-24/h1-5,10,13-15,25H,6-9,11-12,16-17H2. The molecule has 4 heterocycles. The van der Waals surface area contributed by atoms with Gasteiger partial charge in [0.15, 0.2) is 9.84 Å². The predicted molar refractivity (Wildman–Crippen MR) is 122 cm³/mol. The van der Waals surface area contributed by atoms with E-state index in [1.807, 2.05) is 24.3 Å². The quantitative estimate of drug-likeness (QED) is 0.638. The summed E-state index contributed by atoms with van der Waals surface area (Å²) in [4.78, 5) is 12.7. The summed E-state index contributed by atoms with van der Waals surface area (Å²) >= 11 is 0. The molecule has 2 aliphatic heterocycles. The maximum absolute atomic E-state index is 12.9. The molecule has 1 spiro atoms. The number of nitrogens with one attached hydrogen (secondary N) is 1. The van der Waals surface area contributed by atoms with Gasteiger partial charge in [0.05, 0.1) is 22.9 Å². The summed E-state index contributed by atoms with van der Waals surface area (Å²) in [5.74, 6) is 0.643. The minimum absolute atomic E-state index is 0.0934. The normalized spacial score (nSPS) is 17.5. The molecule has 0 saturated carbocycles. The first kappa shape index (κ1) is 21.0. The second-order valence-corrected chi connectivity index (χ2v) is 10.6. The number of fused-ring (bicyclic) bond motifs is 1. The van der Waals surface area contributed by atoms with E-state index >= 15 is 0 Å². The molecule has 0 bridgehead atoms. The number of hydrogen-bond acceptors (Lipinski definition) is 7. The van der Waals surface area contributed by atoms with E-state index < -0.39 is 9.84 Å². The third kappa shape index (κ3) is 4.38. The van der Waals surface area contributed by atoms with Crippen LogP contribution in [0.1, 0.15) is 36.1 Å². The van der Waals surface area contributed by atoms with E-state index in [2.05, 4.69) is 20.3 Å². The molecule has 1 saturated heterocycles. The van der Waals surface area contributed by atoms with Gasteiger partial charge in [0.1, 0.15) is 11.4 Å². The molecule has 166 valence electrons. The number of pyridine rings is 1. The number of benzene rings is 1. The maximum atomic E-state index is 12.9. The molecule has 8 heteroatoms. The Morgan fingerprint density at radius 3 is 2.66 bits per heavy atom. The first-order valence-corrected chi connectivity index (χ1v) is 12.8. The fourth-order valence-corrected chi connectivity index (χ4v) is 6.14. The van der Waals surface area contributed by atoms with Gasteiger partial charge in [-0.15, -0.1) is 0 Å². The Morgan fingerprint density at radius 1 is 0.969 bits per heavy atom. The number of piperidine rings is 1. The third-order valence-electron chi connectivity index (χ3n) is 6.31. The van der Waals surface area contributed by atoms with Gasteiger partial charge in [-0.25, -0.2) is 8.42 Å². The summed E-state index contributed by atoms with van der Waals surface area (Å²) < 4.78 is 32.4. The molecule has 0 aliphatic carbocycles. The molecule has 0 amide bonds. The molecule has 1 aromatic carbocycles. The molecule has 7 nitrogen and oxygen atoms in total. The molecule has 0 radical (unpaired) electrons. The van der Waals surface area contributed by atoms with Crippen LogP contribution in [0.25, 0.3) is 11.3 Å². The van der Waals surface area contributed by atoms with E-state index in [1.165, 1.54) is 18.6 Å². The lowest BCUT2D eigenvalue weighted by Crippen LogP contribution is -2.48. The van der Waals surface area contributed by atoms with E-state index in [1.54, 1.807) is 12.3 Å². The summed E-state index contributed by atoms with van der Waals surface area (Å²) in [6.07, 6.45) is 10.1. The van der Waals surface area contributed by atoms with Crippen molar-refractivity contribution in [2.45, 2.75) is 42.8 Å². The van der Waals surface area contributed by atoms with Crippen molar-refractivity contribution in [1.82, 2.24) is 20.3 Å². The highest BCUT2D eigenvalue weighted by Crippen LogP contribution is 2.42. The van der Waals surface area contributed by atoms with Crippen LogP contribution < -0.4 is 10.1 Å². The number of nitrogens with zero attached hydrogens (tertiary/aromatic N) is 3. The minimum Gasteiger partial charge on any atom is -0.487 e. The van der Waals surface area contributed by atoms with Gasteiger partial charge in [0, 0.05) is 35.9 Å². The third-order valence-corrected chi connectivity index (χ3v) is 7.80. The van der Waals surface area contributed by atoms with Gasteiger partial charge in [-0.3, -0.25) is 15.0 Å². The summed E-state index contributed by atoms with van der Waals surface area (Å²) in [7, 11) is -3.44. The monoisotopic (exact) mass is 450 g/mol. The molecule has 1 fully saturated rings. The van der Waals surface area contributed by atoms with Crippen LogP contribution in [0, 0.1) is 0 Å². The average Bonchev–Trinajstić information content (AvgIpc) is 2.79. The second kappa shape index (κ2) is 8.60. The van der Waals surface area contributed by atoms with Gasteiger partial charge in [-0.1, -0.05) is 18.2 Å². The Morgan fingerprint density at radius 2 is 1.84 bits per heavy atom. The smallest absolute Gasteiger partial charge is 0.160 e. The molecular formula is C24H26N4O3S. The van der Waals surface area contributed by atoms with Crippen LogP contribution in [0.5, 0.6) is 5.75 Å². The van der Waals surface area contributed by atoms with Gasteiger partial charge in [-0.05, 0) is 56.5 Å². The van der Waals surface area contributed by atoms with Crippen LogP contribution in [-0.4, -0.2) is 42.1 Å². The van der Waals surface area contributed by atoms with E-state index in [9.17, 15) is 8.42 Å². The molecule has 5 rings (SSSR count). The van der Waals surface area contributed by atoms with Crippen LogP contribution in [0.4, 0.5) is 0 Å². The highest BCUT2D eigenvalue weighted by Gasteiger charge is 2.38. The molecule has 2 aliphatic rings. The highest BCUT2D eigenvalue weighted by molar-refractivity contribution is 7.89. The van der Waals surface area contributed by atoms with Gasteiger partial charge < -0.3 is 10.1 Å². The molecule has 2 aromatic heterocycles. The van der Waals surface area contributed by atoms with Crippen molar-refractivity contribution in [3.8, 4) is 17.0 Å². The SMILES string of the molecule is O=S(=O)(Cc1cnccn1)Cc1cccnc1-c1cccc2c1CCC1(CCNCC1)O2. The Bertz CT molecular complexity index is 1210. The van der Waals surface area contributed by atoms with Crippen molar-refractivity contribution in [3.05, 3.63) is 71.9 Å². The number of aromatic nitrogens is 3. The molecule has 32 heavy (non-hydrogen) atoms. The number of rotatable bonds is 5. The second-order valence-electron chi connectivity index (χ2n) is 8.56. The molecule has 0 unspecified atom stereocenters. The Kier molecular flexibility index (Phi) is 5.65. The average molecular weight is 451 g/mol. The lowest BCUT2D eigenvalue weighted by atomic mass is 9.82. The van der Waals surface area contributed by atoms with Crippen LogP contribution in [0.15, 0.2) is 55.1 Å². The van der Waals surface area contributed by atoms with Crippen molar-refractivity contribution >= 4 is 9.84 Å². The van der Waals surface area contributed by atoms with Crippen LogP contribution >= 0.6 is 0 Å². The van der Waals surface area contributed by atoms with Crippen molar-refractivity contribution in [2.75, 3.05) is 13.1 Å². The topological polar surface area (TPSA) is 94.1 Å². The van der Waals surface area contributed by atoms with Crippen molar-refractivity contribution in [2.24, 2.45) is 0 Å². The zero-order valence-corrected chi connectivity index (χ0v) is 18.6. The van der Waals surface area contributed by atoms with E-state index in [0.29, 0.717) is 17.0 Å². The Balaban J connectivity index is 1.45. The highest BCUT2D eigenvalue weighted by atomic mass is 32.2.